The minimum atomic E-state index is -0.0894. The van der Waals surface area contributed by atoms with E-state index in [9.17, 15) is 0 Å². The maximum Gasteiger partial charge on any atom is 0.0384 e. The van der Waals surface area contributed by atoms with Crippen molar-refractivity contribution in [3.05, 3.63) is 132 Å². The second-order valence-corrected chi connectivity index (χ2v) is 7.43. The van der Waals surface area contributed by atoms with Gasteiger partial charge in [-0.15, -0.1) is 0 Å². The Morgan fingerprint density at radius 2 is 1.00 bits per heavy atom. The molecule has 0 bridgehead atoms. The van der Waals surface area contributed by atoms with E-state index >= 15 is 0 Å². The van der Waals surface area contributed by atoms with Crippen molar-refractivity contribution in [2.45, 2.75) is 18.8 Å². The third-order valence-electron chi connectivity index (χ3n) is 5.40. The van der Waals surface area contributed by atoms with E-state index in [1.54, 1.807) is 0 Å². The first-order chi connectivity index (χ1) is 13.7. The van der Waals surface area contributed by atoms with Crippen molar-refractivity contribution < 1.29 is 0 Å². The maximum absolute atomic E-state index is 3.47. The first kappa shape index (κ1) is 18.1. The summed E-state index contributed by atoms with van der Waals surface area (Å²) in [6.07, 6.45) is 0.962. The van der Waals surface area contributed by atoms with Crippen LogP contribution in [0.25, 0.3) is 0 Å². The Kier molecular flexibility index (Phi) is 5.25. The molecule has 0 amide bonds. The summed E-state index contributed by atoms with van der Waals surface area (Å²) >= 11 is 0. The average molecular weight is 364 g/mol. The molecule has 0 saturated heterocycles. The van der Waals surface area contributed by atoms with Crippen LogP contribution in [0.3, 0.4) is 0 Å². The van der Waals surface area contributed by atoms with Crippen molar-refractivity contribution in [3.63, 3.8) is 0 Å². The molecule has 4 aromatic rings. The third kappa shape index (κ3) is 3.99. The van der Waals surface area contributed by atoms with Crippen LogP contribution in [0.1, 0.15) is 23.6 Å². The Labute approximate surface area is 167 Å². The van der Waals surface area contributed by atoms with Gasteiger partial charge in [-0.25, -0.2) is 0 Å². The predicted molar refractivity (Wildman–Crippen MR) is 119 cm³/mol. The van der Waals surface area contributed by atoms with E-state index in [2.05, 4.69) is 109 Å². The predicted octanol–water partition coefficient (Wildman–Crippen LogP) is 6.98. The van der Waals surface area contributed by atoms with Crippen molar-refractivity contribution >= 4 is 11.4 Å². The summed E-state index contributed by atoms with van der Waals surface area (Å²) in [5.74, 6) is 0. The molecule has 0 heterocycles. The highest BCUT2D eigenvalue weighted by molar-refractivity contribution is 5.60. The topological polar surface area (TPSA) is 12.0 Å². The van der Waals surface area contributed by atoms with Gasteiger partial charge in [0.15, 0.2) is 0 Å². The molecule has 1 unspecified atom stereocenters. The zero-order valence-electron chi connectivity index (χ0n) is 16.2. The number of hydrogen-bond acceptors (Lipinski definition) is 1. The normalized spacial score (nSPS) is 12.9. The lowest BCUT2D eigenvalue weighted by molar-refractivity contribution is 0.567. The SMILES string of the molecule is CC(Cc1ccccc1)(c1ccccc1)c1ccc(Nc2ccccc2)cc1. The maximum atomic E-state index is 3.47. The fourth-order valence-corrected chi connectivity index (χ4v) is 3.79. The summed E-state index contributed by atoms with van der Waals surface area (Å²) < 4.78 is 0. The highest BCUT2D eigenvalue weighted by atomic mass is 14.9. The lowest BCUT2D eigenvalue weighted by Gasteiger charge is -2.31. The Hall–Kier alpha value is -3.32. The zero-order valence-corrected chi connectivity index (χ0v) is 16.2. The molecule has 0 aromatic heterocycles. The fraction of sp³-hybridized carbons (Fsp3) is 0.111. The number of nitrogens with one attached hydrogen (secondary N) is 1. The van der Waals surface area contributed by atoms with E-state index in [4.69, 9.17) is 0 Å². The molecule has 1 heteroatoms. The van der Waals surface area contributed by atoms with Crippen LogP contribution >= 0.6 is 0 Å². The number of para-hydroxylation sites is 1. The molecule has 0 aliphatic rings. The molecule has 28 heavy (non-hydrogen) atoms. The van der Waals surface area contributed by atoms with Crippen LogP contribution in [0.5, 0.6) is 0 Å². The van der Waals surface area contributed by atoms with Gasteiger partial charge in [0.25, 0.3) is 0 Å². The zero-order chi connectivity index (χ0) is 19.2. The largest absolute Gasteiger partial charge is 0.356 e. The molecule has 0 aliphatic heterocycles. The summed E-state index contributed by atoms with van der Waals surface area (Å²) in [7, 11) is 0. The highest BCUT2D eigenvalue weighted by Crippen LogP contribution is 2.36. The van der Waals surface area contributed by atoms with Gasteiger partial charge in [-0.3, -0.25) is 0 Å². The van der Waals surface area contributed by atoms with Gasteiger partial charge in [-0.2, -0.15) is 0 Å². The second kappa shape index (κ2) is 8.14. The molecule has 1 atom stereocenters. The van der Waals surface area contributed by atoms with Crippen molar-refractivity contribution in [1.82, 2.24) is 0 Å². The van der Waals surface area contributed by atoms with E-state index in [-0.39, 0.29) is 5.41 Å². The Morgan fingerprint density at radius 1 is 0.536 bits per heavy atom. The van der Waals surface area contributed by atoms with Gasteiger partial charge in [-0.05, 0) is 47.4 Å². The van der Waals surface area contributed by atoms with Crippen LogP contribution in [-0.4, -0.2) is 0 Å². The van der Waals surface area contributed by atoms with Crippen LogP contribution in [-0.2, 0) is 11.8 Å². The number of rotatable bonds is 6. The van der Waals surface area contributed by atoms with Gasteiger partial charge in [0, 0.05) is 16.8 Å². The Morgan fingerprint density at radius 3 is 1.61 bits per heavy atom. The third-order valence-corrected chi connectivity index (χ3v) is 5.40. The van der Waals surface area contributed by atoms with Crippen LogP contribution in [0.15, 0.2) is 115 Å². The molecule has 0 aliphatic carbocycles. The molecule has 0 radical (unpaired) electrons. The molecule has 4 rings (SSSR count). The molecular weight excluding hydrogens is 338 g/mol. The smallest absolute Gasteiger partial charge is 0.0384 e. The van der Waals surface area contributed by atoms with Gasteiger partial charge < -0.3 is 5.32 Å². The van der Waals surface area contributed by atoms with Crippen LogP contribution in [0.4, 0.5) is 11.4 Å². The quantitative estimate of drug-likeness (QED) is 0.390. The highest BCUT2D eigenvalue weighted by Gasteiger charge is 2.29. The van der Waals surface area contributed by atoms with Gasteiger partial charge >= 0.3 is 0 Å². The van der Waals surface area contributed by atoms with Crippen molar-refractivity contribution in [1.29, 1.82) is 0 Å². The van der Waals surface area contributed by atoms with Crippen LogP contribution < -0.4 is 5.32 Å². The summed E-state index contributed by atoms with van der Waals surface area (Å²) in [4.78, 5) is 0. The molecular formula is C27H25N. The average Bonchev–Trinajstić information content (AvgIpc) is 2.76. The Balaban J connectivity index is 1.66. The molecule has 1 N–H and O–H groups in total. The lowest BCUT2D eigenvalue weighted by atomic mass is 9.72. The summed E-state index contributed by atoms with van der Waals surface area (Å²) in [6, 6.07) is 40.7. The number of anilines is 2. The summed E-state index contributed by atoms with van der Waals surface area (Å²) in [5.41, 5.74) is 6.12. The summed E-state index contributed by atoms with van der Waals surface area (Å²) in [5, 5.41) is 3.47. The van der Waals surface area contributed by atoms with E-state index < -0.39 is 0 Å². The molecule has 4 aromatic carbocycles. The number of benzene rings is 4. The minimum Gasteiger partial charge on any atom is -0.356 e. The lowest BCUT2D eigenvalue weighted by Crippen LogP contribution is -2.26. The first-order valence-corrected chi connectivity index (χ1v) is 9.76. The van der Waals surface area contributed by atoms with E-state index in [0.29, 0.717) is 0 Å². The first-order valence-electron chi connectivity index (χ1n) is 9.76. The fourth-order valence-electron chi connectivity index (χ4n) is 3.79. The van der Waals surface area contributed by atoms with Gasteiger partial charge in [0.2, 0.25) is 0 Å². The standard InChI is InChI=1S/C27H25N/c1-27(23-13-7-3-8-14-23,21-22-11-5-2-6-12-22)24-17-19-26(20-18-24)28-25-15-9-4-10-16-25/h2-20,28H,21H2,1H3. The molecule has 1 nitrogen and oxygen atoms in total. The minimum absolute atomic E-state index is 0.0894. The van der Waals surface area contributed by atoms with Gasteiger partial charge in [-0.1, -0.05) is 97.9 Å². The monoisotopic (exact) mass is 363 g/mol. The van der Waals surface area contributed by atoms with Gasteiger partial charge in [0.05, 0.1) is 0 Å². The molecule has 0 saturated carbocycles. The van der Waals surface area contributed by atoms with E-state index in [0.717, 1.165) is 17.8 Å². The van der Waals surface area contributed by atoms with Gasteiger partial charge in [0.1, 0.15) is 0 Å². The van der Waals surface area contributed by atoms with Crippen molar-refractivity contribution in [3.8, 4) is 0 Å². The summed E-state index contributed by atoms with van der Waals surface area (Å²) in [6.45, 7) is 2.34. The molecule has 0 fully saturated rings. The number of hydrogen-bond donors (Lipinski definition) is 1. The van der Waals surface area contributed by atoms with E-state index in [1.165, 1.54) is 16.7 Å². The van der Waals surface area contributed by atoms with Crippen LogP contribution in [0.2, 0.25) is 0 Å². The van der Waals surface area contributed by atoms with Crippen molar-refractivity contribution in [2.75, 3.05) is 5.32 Å². The Bertz CT molecular complexity index is 992. The van der Waals surface area contributed by atoms with E-state index in [1.807, 2.05) is 18.2 Å². The van der Waals surface area contributed by atoms with Crippen LogP contribution in [0, 0.1) is 0 Å². The molecule has 138 valence electrons. The second-order valence-electron chi connectivity index (χ2n) is 7.43. The molecule has 0 spiro atoms. The van der Waals surface area contributed by atoms with Crippen molar-refractivity contribution in [2.24, 2.45) is 0 Å².